The standard InChI is InChI=1S/C17H11Cl2N3O2S/c1-25-15-14(10-5-3-2-4-6-10)21-16(23)20(17(24)22(15)21)13-8-11(18)7-12(19)9-13/h2-9H,1H3. The highest BCUT2D eigenvalue weighted by Gasteiger charge is 2.26. The van der Waals surface area contributed by atoms with Gasteiger partial charge in [-0.15, -0.1) is 11.8 Å². The van der Waals surface area contributed by atoms with Crippen molar-refractivity contribution in [2.24, 2.45) is 0 Å². The van der Waals surface area contributed by atoms with Gasteiger partial charge in [-0.1, -0.05) is 53.5 Å². The molecule has 0 aliphatic carbocycles. The molecule has 2 aromatic heterocycles. The van der Waals surface area contributed by atoms with Gasteiger partial charge in [-0.05, 0) is 24.5 Å². The Morgan fingerprint density at radius 3 is 2.08 bits per heavy atom. The molecule has 0 atom stereocenters. The van der Waals surface area contributed by atoms with E-state index in [4.69, 9.17) is 23.2 Å². The van der Waals surface area contributed by atoms with Crippen LogP contribution < -0.4 is 11.4 Å². The maximum Gasteiger partial charge on any atom is 0.357 e. The van der Waals surface area contributed by atoms with Gasteiger partial charge < -0.3 is 0 Å². The zero-order valence-corrected chi connectivity index (χ0v) is 15.3. The fourth-order valence-corrected chi connectivity index (χ4v) is 4.12. The van der Waals surface area contributed by atoms with E-state index in [9.17, 15) is 9.59 Å². The second-order valence-corrected chi connectivity index (χ2v) is 7.04. The van der Waals surface area contributed by atoms with Gasteiger partial charge in [-0.25, -0.2) is 14.2 Å². The quantitative estimate of drug-likeness (QED) is 0.500. The molecular weight excluding hydrogens is 381 g/mol. The Morgan fingerprint density at radius 2 is 1.48 bits per heavy atom. The summed E-state index contributed by atoms with van der Waals surface area (Å²) in [6.07, 6.45) is 1.87. The number of aromatic nitrogens is 3. The van der Waals surface area contributed by atoms with Crippen LogP contribution in [-0.2, 0) is 0 Å². The van der Waals surface area contributed by atoms with Gasteiger partial charge in [0.05, 0.1) is 5.69 Å². The third-order valence-corrected chi connectivity index (χ3v) is 5.09. The number of hydrogen-bond acceptors (Lipinski definition) is 3. The van der Waals surface area contributed by atoms with E-state index in [1.165, 1.54) is 32.9 Å². The lowest BCUT2D eigenvalue weighted by Crippen LogP contribution is -2.25. The monoisotopic (exact) mass is 391 g/mol. The van der Waals surface area contributed by atoms with E-state index in [1.807, 2.05) is 36.6 Å². The van der Waals surface area contributed by atoms with Crippen LogP contribution >= 0.6 is 35.0 Å². The van der Waals surface area contributed by atoms with Gasteiger partial charge in [0.2, 0.25) is 0 Å². The fraction of sp³-hybridized carbons (Fsp3) is 0.0588. The van der Waals surface area contributed by atoms with Crippen molar-refractivity contribution < 1.29 is 0 Å². The average molecular weight is 392 g/mol. The summed E-state index contributed by atoms with van der Waals surface area (Å²) >= 11 is 13.4. The molecule has 0 radical (unpaired) electrons. The number of rotatable bonds is 3. The molecule has 0 aliphatic heterocycles. The van der Waals surface area contributed by atoms with Crippen molar-refractivity contribution in [2.45, 2.75) is 5.03 Å². The third kappa shape index (κ3) is 2.40. The minimum Gasteiger partial charge on any atom is -0.245 e. The summed E-state index contributed by atoms with van der Waals surface area (Å²) in [7, 11) is 0. The van der Waals surface area contributed by atoms with Crippen molar-refractivity contribution in [3.05, 3.63) is 79.5 Å². The van der Waals surface area contributed by atoms with Gasteiger partial charge in [-0.2, -0.15) is 9.03 Å². The second kappa shape index (κ2) is 5.98. The first-order valence-electron chi connectivity index (χ1n) is 7.31. The van der Waals surface area contributed by atoms with Crippen molar-refractivity contribution >= 4 is 35.0 Å². The molecule has 5 nitrogen and oxygen atoms in total. The zero-order chi connectivity index (χ0) is 17.7. The Labute approximate surface area is 156 Å². The average Bonchev–Trinajstić information content (AvgIpc) is 2.75. The molecule has 2 aromatic carbocycles. The van der Waals surface area contributed by atoms with E-state index in [0.29, 0.717) is 21.4 Å². The molecule has 0 fully saturated rings. The van der Waals surface area contributed by atoms with E-state index in [-0.39, 0.29) is 0 Å². The molecule has 25 heavy (non-hydrogen) atoms. The minimum absolute atomic E-state index is 0.342. The zero-order valence-electron chi connectivity index (χ0n) is 12.9. The Hall–Kier alpha value is -2.15. The third-order valence-electron chi connectivity index (χ3n) is 3.90. The number of fused-ring (bicyclic) bond motifs is 1. The Balaban J connectivity index is 2.05. The Bertz CT molecular complexity index is 1170. The van der Waals surface area contributed by atoms with Crippen molar-refractivity contribution in [1.82, 2.24) is 13.6 Å². The lowest BCUT2D eigenvalue weighted by atomic mass is 10.1. The molecule has 0 saturated heterocycles. The fourth-order valence-electron chi connectivity index (χ4n) is 2.88. The first kappa shape index (κ1) is 16.3. The van der Waals surface area contributed by atoms with Gasteiger partial charge in [0, 0.05) is 15.6 Å². The molecule has 0 N–H and O–H groups in total. The van der Waals surface area contributed by atoms with Crippen molar-refractivity contribution in [2.75, 3.05) is 6.26 Å². The number of thioether (sulfide) groups is 1. The van der Waals surface area contributed by atoms with E-state index < -0.39 is 11.4 Å². The lowest BCUT2D eigenvalue weighted by molar-refractivity contribution is 0.644. The summed E-state index contributed by atoms with van der Waals surface area (Å²) in [5, 5.41) is 1.43. The van der Waals surface area contributed by atoms with E-state index >= 15 is 0 Å². The van der Waals surface area contributed by atoms with Crippen LogP contribution in [0.2, 0.25) is 10.0 Å². The molecule has 0 spiro atoms. The van der Waals surface area contributed by atoms with Crippen LogP contribution in [-0.4, -0.2) is 19.9 Å². The highest BCUT2D eigenvalue weighted by Crippen LogP contribution is 2.31. The summed E-state index contributed by atoms with van der Waals surface area (Å²) in [6, 6.07) is 14.1. The normalized spacial score (nSPS) is 11.5. The molecular formula is C17H11Cl2N3O2S. The van der Waals surface area contributed by atoms with Gasteiger partial charge >= 0.3 is 11.4 Å². The van der Waals surface area contributed by atoms with E-state index in [1.54, 1.807) is 6.07 Å². The van der Waals surface area contributed by atoms with Gasteiger partial charge in [-0.3, -0.25) is 0 Å². The molecule has 4 aromatic rings. The number of benzene rings is 2. The van der Waals surface area contributed by atoms with Crippen molar-refractivity contribution in [1.29, 1.82) is 0 Å². The van der Waals surface area contributed by atoms with Crippen LogP contribution in [0.4, 0.5) is 0 Å². The molecule has 8 heteroatoms. The highest BCUT2D eigenvalue weighted by atomic mass is 35.5. The topological polar surface area (TPSA) is 47.9 Å². The first-order chi connectivity index (χ1) is 12.0. The van der Waals surface area contributed by atoms with E-state index in [0.717, 1.165) is 15.2 Å². The molecule has 0 unspecified atom stereocenters. The van der Waals surface area contributed by atoms with Crippen LogP contribution in [0.5, 0.6) is 0 Å². The van der Waals surface area contributed by atoms with Gasteiger partial charge in [0.15, 0.2) is 0 Å². The predicted molar refractivity (Wildman–Crippen MR) is 101 cm³/mol. The molecule has 0 saturated carbocycles. The minimum atomic E-state index is -0.458. The smallest absolute Gasteiger partial charge is 0.245 e. The number of nitrogens with zero attached hydrogens (tertiary/aromatic N) is 3. The van der Waals surface area contributed by atoms with Crippen LogP contribution in [0, 0.1) is 0 Å². The molecule has 4 rings (SSSR count). The van der Waals surface area contributed by atoms with E-state index in [2.05, 4.69) is 0 Å². The Morgan fingerprint density at radius 1 is 0.880 bits per heavy atom. The van der Waals surface area contributed by atoms with Gasteiger partial charge in [0.25, 0.3) is 0 Å². The second-order valence-electron chi connectivity index (χ2n) is 5.38. The molecule has 2 heterocycles. The summed E-state index contributed by atoms with van der Waals surface area (Å²) < 4.78 is 3.81. The van der Waals surface area contributed by atoms with Crippen LogP contribution in [0.3, 0.4) is 0 Å². The number of halogens is 2. The number of hydrogen-bond donors (Lipinski definition) is 0. The first-order valence-corrected chi connectivity index (χ1v) is 9.29. The van der Waals surface area contributed by atoms with Crippen molar-refractivity contribution in [3.63, 3.8) is 0 Å². The van der Waals surface area contributed by atoms with Gasteiger partial charge in [0.1, 0.15) is 10.7 Å². The highest BCUT2D eigenvalue weighted by molar-refractivity contribution is 7.98. The summed E-state index contributed by atoms with van der Waals surface area (Å²) in [5.41, 5.74) is 1.01. The Kier molecular flexibility index (Phi) is 3.91. The lowest BCUT2D eigenvalue weighted by Gasteiger charge is -2.16. The van der Waals surface area contributed by atoms with Crippen LogP contribution in [0.15, 0.2) is 63.1 Å². The molecule has 126 valence electrons. The molecule has 0 aliphatic rings. The maximum atomic E-state index is 12.9. The SMILES string of the molecule is CSc1c(-c2ccccc2)n2c(=O)n(-c3cc(Cl)cc(Cl)c3)c(=O)n12. The maximum absolute atomic E-state index is 12.9. The summed E-state index contributed by atoms with van der Waals surface area (Å²) in [4.78, 5) is 25.7. The predicted octanol–water partition coefficient (Wildman–Crippen LogP) is 3.68. The molecule has 0 bridgehead atoms. The van der Waals surface area contributed by atoms with Crippen LogP contribution in [0.1, 0.15) is 0 Å². The summed E-state index contributed by atoms with van der Waals surface area (Å²) in [6.45, 7) is 0. The van der Waals surface area contributed by atoms with Crippen LogP contribution in [0.25, 0.3) is 16.9 Å². The van der Waals surface area contributed by atoms with Crippen molar-refractivity contribution in [3.8, 4) is 16.9 Å². The summed E-state index contributed by atoms with van der Waals surface area (Å²) in [5.74, 6) is 0. The largest absolute Gasteiger partial charge is 0.357 e. The molecule has 0 amide bonds.